The fourth-order valence-corrected chi connectivity index (χ4v) is 5.20. The molecule has 5 rings (SSSR count). The molecule has 0 aliphatic carbocycles. The molecule has 186 valence electrons. The SMILES string of the molecule is [B]c1cc(C([B])N2CCOCC2=O)c([B])c([B])c1C([B])Oc1cccc2c1CN(C1CCC(=O)NC1=O)C2=O. The van der Waals surface area contributed by atoms with Crippen molar-refractivity contribution < 1.29 is 28.7 Å². The van der Waals surface area contributed by atoms with Gasteiger partial charge < -0.3 is 19.3 Å². The molecule has 0 saturated carbocycles. The van der Waals surface area contributed by atoms with Gasteiger partial charge in [-0.15, -0.1) is 0 Å². The summed E-state index contributed by atoms with van der Waals surface area (Å²) in [5.41, 5.74) is 1.82. The van der Waals surface area contributed by atoms with Crippen LogP contribution >= 0.6 is 0 Å². The minimum Gasteiger partial charge on any atom is -0.496 e. The lowest BCUT2D eigenvalue weighted by Crippen LogP contribution is -2.52. The number of imide groups is 1. The lowest BCUT2D eigenvalue weighted by Gasteiger charge is -2.35. The van der Waals surface area contributed by atoms with E-state index in [0.29, 0.717) is 29.0 Å². The Balaban J connectivity index is 1.39. The van der Waals surface area contributed by atoms with Crippen LogP contribution in [-0.4, -0.2) is 98.5 Å². The quantitative estimate of drug-likeness (QED) is 0.329. The van der Waals surface area contributed by atoms with Crippen molar-refractivity contribution in [2.45, 2.75) is 37.4 Å². The first-order valence-electron chi connectivity index (χ1n) is 12.4. The van der Waals surface area contributed by atoms with Crippen molar-refractivity contribution >= 4 is 79.2 Å². The molecule has 0 aromatic heterocycles. The highest BCUT2D eigenvalue weighted by atomic mass is 16.5. The molecule has 0 bridgehead atoms. The number of benzene rings is 2. The van der Waals surface area contributed by atoms with Crippen molar-refractivity contribution in [3.8, 4) is 5.75 Å². The van der Waals surface area contributed by atoms with Gasteiger partial charge in [0, 0.05) is 30.0 Å². The molecule has 3 heterocycles. The van der Waals surface area contributed by atoms with Crippen molar-refractivity contribution in [2.24, 2.45) is 0 Å². The van der Waals surface area contributed by atoms with Crippen molar-refractivity contribution in [1.82, 2.24) is 15.1 Å². The Hall–Kier alpha value is -3.40. The Morgan fingerprint density at radius 2 is 1.85 bits per heavy atom. The van der Waals surface area contributed by atoms with E-state index >= 15 is 0 Å². The third kappa shape index (κ3) is 4.90. The van der Waals surface area contributed by atoms with E-state index in [9.17, 15) is 19.2 Å². The molecule has 2 fully saturated rings. The van der Waals surface area contributed by atoms with Gasteiger partial charge in [-0.05, 0) is 29.7 Å². The summed E-state index contributed by atoms with van der Waals surface area (Å²) in [5, 5.41) is 2.28. The third-order valence-electron chi connectivity index (χ3n) is 7.27. The molecule has 10 radical (unpaired) electrons. The second-order valence-corrected chi connectivity index (χ2v) is 9.60. The lowest BCUT2D eigenvalue weighted by atomic mass is 9.64. The summed E-state index contributed by atoms with van der Waals surface area (Å²) in [6, 6.07) is 4.48. The van der Waals surface area contributed by atoms with Crippen LogP contribution in [-0.2, 0) is 25.7 Å². The first-order valence-corrected chi connectivity index (χ1v) is 12.4. The number of fused-ring (bicyclic) bond motifs is 1. The van der Waals surface area contributed by atoms with Gasteiger partial charge in [0.05, 0.1) is 19.2 Å². The Kier molecular flexibility index (Phi) is 7.42. The highest BCUT2D eigenvalue weighted by Gasteiger charge is 2.40. The van der Waals surface area contributed by atoms with E-state index in [0.717, 1.165) is 0 Å². The van der Waals surface area contributed by atoms with E-state index in [1.165, 1.54) is 15.9 Å². The normalized spacial score (nSPS) is 21.0. The summed E-state index contributed by atoms with van der Waals surface area (Å²) in [6.45, 7) is 0.640. The predicted molar refractivity (Wildman–Crippen MR) is 145 cm³/mol. The molecule has 9 nitrogen and oxygen atoms in total. The topological polar surface area (TPSA) is 105 Å². The van der Waals surface area contributed by atoms with Crippen LogP contribution in [0, 0.1) is 0 Å². The summed E-state index contributed by atoms with van der Waals surface area (Å²) in [6.07, 6.45) is 0.376. The predicted octanol–water partition coefficient (Wildman–Crippen LogP) is -2.90. The summed E-state index contributed by atoms with van der Waals surface area (Å²) < 4.78 is 11.2. The van der Waals surface area contributed by atoms with Crippen LogP contribution in [0.15, 0.2) is 24.3 Å². The average molecular weight is 513 g/mol. The fraction of sp³-hybridized carbons (Fsp3) is 0.360. The smallest absolute Gasteiger partial charge is 0.255 e. The molecule has 0 spiro atoms. The number of nitrogens with one attached hydrogen (secondary N) is 1. The average Bonchev–Trinajstić information content (AvgIpc) is 3.23. The van der Waals surface area contributed by atoms with Gasteiger partial charge in [0.2, 0.25) is 17.7 Å². The first kappa shape index (κ1) is 27.2. The Bertz CT molecular complexity index is 1390. The van der Waals surface area contributed by atoms with Gasteiger partial charge in [0.25, 0.3) is 5.91 Å². The molecule has 2 saturated heterocycles. The van der Waals surface area contributed by atoms with E-state index in [4.69, 9.17) is 48.7 Å². The number of morpholine rings is 1. The first-order chi connectivity index (χ1) is 18.6. The number of rotatable bonds is 6. The number of carbonyl (C=O) groups excluding carboxylic acids is 4. The van der Waals surface area contributed by atoms with Crippen LogP contribution < -0.4 is 26.4 Å². The lowest BCUT2D eigenvalue weighted by molar-refractivity contribution is -0.143. The Morgan fingerprint density at radius 3 is 2.56 bits per heavy atom. The van der Waals surface area contributed by atoms with Crippen LogP contribution in [0.5, 0.6) is 5.75 Å². The Labute approximate surface area is 232 Å². The van der Waals surface area contributed by atoms with Gasteiger partial charge in [-0.3, -0.25) is 24.5 Å². The number of nitrogens with zero attached hydrogens (tertiary/aromatic N) is 2. The molecular weight excluding hydrogens is 492 g/mol. The maximum Gasteiger partial charge on any atom is 0.255 e. The number of hydrogen-bond donors (Lipinski definition) is 1. The molecule has 3 unspecified atom stereocenters. The van der Waals surface area contributed by atoms with Crippen LogP contribution in [0.25, 0.3) is 0 Å². The summed E-state index contributed by atoms with van der Waals surface area (Å²) in [4.78, 5) is 52.1. The highest BCUT2D eigenvalue weighted by Crippen LogP contribution is 2.35. The van der Waals surface area contributed by atoms with E-state index in [-0.39, 0.29) is 72.2 Å². The molecule has 1 N–H and O–H groups in total. The van der Waals surface area contributed by atoms with Gasteiger partial charge in [-0.2, -0.15) is 0 Å². The van der Waals surface area contributed by atoms with Gasteiger partial charge in [0.15, 0.2) is 0 Å². The van der Waals surface area contributed by atoms with Crippen LogP contribution in [0.3, 0.4) is 0 Å². The van der Waals surface area contributed by atoms with Crippen molar-refractivity contribution in [3.63, 3.8) is 0 Å². The molecule has 3 aliphatic heterocycles. The second-order valence-electron chi connectivity index (χ2n) is 9.60. The molecule has 39 heavy (non-hydrogen) atoms. The number of piperidine rings is 1. The maximum atomic E-state index is 13.1. The Morgan fingerprint density at radius 1 is 1.08 bits per heavy atom. The molecule has 14 heteroatoms. The van der Waals surface area contributed by atoms with Crippen molar-refractivity contribution in [2.75, 3.05) is 19.8 Å². The maximum absolute atomic E-state index is 13.1. The van der Waals surface area contributed by atoms with E-state index in [1.54, 1.807) is 18.2 Å². The largest absolute Gasteiger partial charge is 0.496 e. The van der Waals surface area contributed by atoms with E-state index in [1.807, 2.05) is 0 Å². The van der Waals surface area contributed by atoms with Crippen molar-refractivity contribution in [1.29, 1.82) is 0 Å². The molecular formula is C25H20B5N3O6. The van der Waals surface area contributed by atoms with E-state index < -0.39 is 23.9 Å². The fourth-order valence-electron chi connectivity index (χ4n) is 5.20. The summed E-state index contributed by atoms with van der Waals surface area (Å²) >= 11 is 0. The van der Waals surface area contributed by atoms with Gasteiger partial charge in [-0.1, -0.05) is 28.5 Å². The molecule has 2 aromatic rings. The second kappa shape index (κ2) is 10.6. The highest BCUT2D eigenvalue weighted by molar-refractivity contribution is 6.52. The molecule has 4 amide bonds. The molecule has 2 aromatic carbocycles. The zero-order chi connectivity index (χ0) is 28.0. The summed E-state index contributed by atoms with van der Waals surface area (Å²) in [5.74, 6) is -2.10. The zero-order valence-electron chi connectivity index (χ0n) is 21.0. The van der Waals surface area contributed by atoms with Crippen LogP contribution in [0.1, 0.15) is 51.8 Å². The summed E-state index contributed by atoms with van der Waals surface area (Å²) in [7, 11) is 31.7. The standard InChI is InChI=1S/C25H20B5N3O6/c26-14-8-12(22(29)32-6-7-38-10-18(32)35)20(27)21(28)19(14)23(30)39-16-3-1-2-11-13(16)9-33(25(11)37)15-4-5-17(34)31-24(15)36/h1-3,8,15,22-23H,4-7,9-10H2,(H,31,34,36). The minimum atomic E-state index is -1.17. The number of amides is 4. The number of hydrogen-bond acceptors (Lipinski definition) is 6. The minimum absolute atomic E-state index is 0.0579. The number of ether oxygens (including phenoxy) is 2. The number of carbonyl (C=O) groups is 4. The van der Waals surface area contributed by atoms with Crippen LogP contribution in [0.4, 0.5) is 0 Å². The zero-order valence-corrected chi connectivity index (χ0v) is 21.0. The van der Waals surface area contributed by atoms with Gasteiger partial charge >= 0.3 is 0 Å². The van der Waals surface area contributed by atoms with Gasteiger partial charge in [-0.25, -0.2) is 0 Å². The van der Waals surface area contributed by atoms with Gasteiger partial charge in [0.1, 0.15) is 57.6 Å². The molecule has 3 atom stereocenters. The monoisotopic (exact) mass is 513 g/mol. The third-order valence-corrected chi connectivity index (χ3v) is 7.27. The van der Waals surface area contributed by atoms with Crippen molar-refractivity contribution in [3.05, 3.63) is 46.5 Å². The molecule has 3 aliphatic rings. The van der Waals surface area contributed by atoms with Crippen LogP contribution in [0.2, 0.25) is 0 Å². The van der Waals surface area contributed by atoms with E-state index in [2.05, 4.69) is 5.32 Å².